The first-order chi connectivity index (χ1) is 6.31. The van der Waals surface area contributed by atoms with E-state index in [0.29, 0.717) is 12.0 Å². The maximum Gasteiger partial charge on any atom is 0.119 e. The molecule has 1 aliphatic carbocycles. The fourth-order valence-electron chi connectivity index (χ4n) is 1.60. The molecule has 78 valence electrons. The Labute approximate surface area is 90.9 Å². The lowest BCUT2D eigenvalue weighted by Gasteiger charge is -2.04. The number of halogens is 1. The molecule has 1 saturated carbocycles. The summed E-state index contributed by atoms with van der Waals surface area (Å²) in [4.78, 5) is 0. The zero-order valence-corrected chi connectivity index (χ0v) is 9.09. The molecule has 0 aliphatic heterocycles. The van der Waals surface area contributed by atoms with E-state index in [1.165, 1.54) is 5.56 Å². The van der Waals surface area contributed by atoms with Crippen molar-refractivity contribution in [3.8, 4) is 5.75 Å². The van der Waals surface area contributed by atoms with Crippen LogP contribution in [0.1, 0.15) is 24.8 Å². The van der Waals surface area contributed by atoms with Gasteiger partial charge in [-0.1, -0.05) is 12.1 Å². The summed E-state index contributed by atoms with van der Waals surface area (Å²) in [7, 11) is 0. The predicted octanol–water partition coefficient (Wildman–Crippen LogP) is 2.32. The van der Waals surface area contributed by atoms with Gasteiger partial charge in [0, 0.05) is 12.0 Å². The number of rotatable bonds is 3. The van der Waals surface area contributed by atoms with Crippen LogP contribution in [-0.4, -0.2) is 12.6 Å². The van der Waals surface area contributed by atoms with Crippen LogP contribution >= 0.6 is 12.4 Å². The smallest absolute Gasteiger partial charge is 0.119 e. The van der Waals surface area contributed by atoms with Crippen LogP contribution in [0.3, 0.4) is 0 Å². The number of benzene rings is 1. The largest absolute Gasteiger partial charge is 0.494 e. The van der Waals surface area contributed by atoms with Gasteiger partial charge >= 0.3 is 0 Å². The molecule has 0 heterocycles. The molecule has 14 heavy (non-hydrogen) atoms. The van der Waals surface area contributed by atoms with Crippen molar-refractivity contribution in [1.29, 1.82) is 0 Å². The monoisotopic (exact) mass is 213 g/mol. The maximum absolute atomic E-state index is 5.78. The van der Waals surface area contributed by atoms with Gasteiger partial charge in [-0.2, -0.15) is 0 Å². The zero-order valence-electron chi connectivity index (χ0n) is 8.27. The second-order valence-electron chi connectivity index (χ2n) is 3.51. The molecule has 1 aliphatic rings. The third-order valence-electron chi connectivity index (χ3n) is 2.44. The van der Waals surface area contributed by atoms with Crippen molar-refractivity contribution in [3.63, 3.8) is 0 Å². The molecule has 0 spiro atoms. The van der Waals surface area contributed by atoms with E-state index >= 15 is 0 Å². The van der Waals surface area contributed by atoms with Gasteiger partial charge < -0.3 is 10.5 Å². The van der Waals surface area contributed by atoms with Gasteiger partial charge in [0.1, 0.15) is 5.75 Å². The molecule has 2 nitrogen and oxygen atoms in total. The summed E-state index contributed by atoms with van der Waals surface area (Å²) in [5.41, 5.74) is 7.10. The van der Waals surface area contributed by atoms with E-state index in [-0.39, 0.29) is 12.4 Å². The van der Waals surface area contributed by atoms with E-state index in [2.05, 4.69) is 12.1 Å². The molecule has 1 aromatic carbocycles. The standard InChI is InChI=1S/C11H15NO.ClH/c1-2-13-9-5-3-4-8(6-9)10-7-11(10)12;/h3-6,10-11H,2,7,12H2,1H3;1H/t10-,11+;/m0./s1. The third-order valence-corrected chi connectivity index (χ3v) is 2.44. The fourth-order valence-corrected chi connectivity index (χ4v) is 1.60. The molecule has 0 radical (unpaired) electrons. The van der Waals surface area contributed by atoms with E-state index in [1.54, 1.807) is 0 Å². The van der Waals surface area contributed by atoms with Crippen molar-refractivity contribution in [2.75, 3.05) is 6.61 Å². The number of hydrogen-bond acceptors (Lipinski definition) is 2. The highest BCUT2D eigenvalue weighted by Gasteiger charge is 2.34. The van der Waals surface area contributed by atoms with Gasteiger partial charge in [-0.05, 0) is 31.0 Å². The first kappa shape index (κ1) is 11.3. The Bertz CT molecular complexity index is 303. The van der Waals surface area contributed by atoms with Crippen LogP contribution in [0.4, 0.5) is 0 Å². The normalized spacial score (nSPS) is 23.9. The summed E-state index contributed by atoms with van der Waals surface area (Å²) in [6, 6.07) is 8.62. The highest BCUT2D eigenvalue weighted by atomic mass is 35.5. The summed E-state index contributed by atoms with van der Waals surface area (Å²) in [5, 5.41) is 0. The van der Waals surface area contributed by atoms with Gasteiger partial charge in [0.15, 0.2) is 0 Å². The van der Waals surface area contributed by atoms with Crippen molar-refractivity contribution < 1.29 is 4.74 Å². The molecule has 0 aromatic heterocycles. The van der Waals surface area contributed by atoms with Crippen LogP contribution in [0.2, 0.25) is 0 Å². The summed E-state index contributed by atoms with van der Waals surface area (Å²) in [6.07, 6.45) is 1.12. The van der Waals surface area contributed by atoms with E-state index in [4.69, 9.17) is 10.5 Å². The summed E-state index contributed by atoms with van der Waals surface area (Å²) in [6.45, 7) is 2.72. The van der Waals surface area contributed by atoms with Crippen LogP contribution in [0.15, 0.2) is 24.3 Å². The molecule has 0 unspecified atom stereocenters. The number of ether oxygens (including phenoxy) is 1. The molecular formula is C11H16ClNO. The topological polar surface area (TPSA) is 35.2 Å². The lowest BCUT2D eigenvalue weighted by Crippen LogP contribution is -2.01. The molecule has 3 heteroatoms. The Kier molecular flexibility index (Phi) is 3.78. The van der Waals surface area contributed by atoms with E-state index in [0.717, 1.165) is 18.8 Å². The maximum atomic E-state index is 5.78. The van der Waals surface area contributed by atoms with Crippen LogP contribution in [-0.2, 0) is 0 Å². The molecule has 2 N–H and O–H groups in total. The van der Waals surface area contributed by atoms with E-state index in [9.17, 15) is 0 Å². The van der Waals surface area contributed by atoms with Gasteiger partial charge in [-0.3, -0.25) is 0 Å². The second kappa shape index (κ2) is 4.67. The van der Waals surface area contributed by atoms with Gasteiger partial charge in [0.2, 0.25) is 0 Å². The van der Waals surface area contributed by atoms with Crippen molar-refractivity contribution in [2.24, 2.45) is 5.73 Å². The van der Waals surface area contributed by atoms with Crippen LogP contribution in [0, 0.1) is 0 Å². The summed E-state index contributed by atoms with van der Waals surface area (Å²) in [5.74, 6) is 1.53. The Balaban J connectivity index is 0.000000980. The second-order valence-corrected chi connectivity index (χ2v) is 3.51. The highest BCUT2D eigenvalue weighted by Crippen LogP contribution is 2.39. The first-order valence-electron chi connectivity index (χ1n) is 4.79. The molecule has 2 atom stereocenters. The molecule has 0 amide bonds. The van der Waals surface area contributed by atoms with Gasteiger partial charge in [-0.25, -0.2) is 0 Å². The molecular weight excluding hydrogens is 198 g/mol. The lowest BCUT2D eigenvalue weighted by molar-refractivity contribution is 0.340. The summed E-state index contributed by atoms with van der Waals surface area (Å²) < 4.78 is 5.42. The first-order valence-corrected chi connectivity index (χ1v) is 4.79. The Morgan fingerprint density at radius 1 is 1.50 bits per heavy atom. The molecule has 0 bridgehead atoms. The SMILES string of the molecule is CCOc1cccc([C@@H]2C[C@H]2N)c1.Cl. The highest BCUT2D eigenvalue weighted by molar-refractivity contribution is 5.85. The average Bonchev–Trinajstić information content (AvgIpc) is 2.84. The minimum absolute atomic E-state index is 0. The van der Waals surface area contributed by atoms with Crippen LogP contribution in [0.25, 0.3) is 0 Å². The molecule has 1 fully saturated rings. The molecule has 0 saturated heterocycles. The molecule has 1 aromatic rings. The Hall–Kier alpha value is -0.730. The quantitative estimate of drug-likeness (QED) is 0.837. The zero-order chi connectivity index (χ0) is 9.26. The van der Waals surface area contributed by atoms with Crippen LogP contribution < -0.4 is 10.5 Å². The third kappa shape index (κ3) is 2.40. The fraction of sp³-hybridized carbons (Fsp3) is 0.455. The predicted molar refractivity (Wildman–Crippen MR) is 60.2 cm³/mol. The lowest BCUT2D eigenvalue weighted by atomic mass is 10.1. The average molecular weight is 214 g/mol. The minimum atomic E-state index is 0. The molecule has 2 rings (SSSR count). The summed E-state index contributed by atoms with van der Waals surface area (Å²) >= 11 is 0. The van der Waals surface area contributed by atoms with Gasteiger partial charge in [0.05, 0.1) is 6.61 Å². The van der Waals surface area contributed by atoms with Crippen molar-refractivity contribution in [1.82, 2.24) is 0 Å². The Morgan fingerprint density at radius 3 is 2.79 bits per heavy atom. The van der Waals surface area contributed by atoms with E-state index < -0.39 is 0 Å². The number of nitrogens with two attached hydrogens (primary N) is 1. The van der Waals surface area contributed by atoms with Crippen molar-refractivity contribution >= 4 is 12.4 Å². The van der Waals surface area contributed by atoms with Gasteiger partial charge in [0.25, 0.3) is 0 Å². The Morgan fingerprint density at radius 2 is 2.21 bits per heavy atom. The van der Waals surface area contributed by atoms with Gasteiger partial charge in [-0.15, -0.1) is 12.4 Å². The number of hydrogen-bond donors (Lipinski definition) is 1. The van der Waals surface area contributed by atoms with Crippen molar-refractivity contribution in [3.05, 3.63) is 29.8 Å². The van der Waals surface area contributed by atoms with E-state index in [1.807, 2.05) is 19.1 Å². The van der Waals surface area contributed by atoms with Crippen LogP contribution in [0.5, 0.6) is 5.75 Å². The van der Waals surface area contributed by atoms with Crippen molar-refractivity contribution in [2.45, 2.75) is 25.3 Å². The minimum Gasteiger partial charge on any atom is -0.494 e.